The number of methoxy groups -OCH3 is 1. The van der Waals surface area contributed by atoms with Crippen LogP contribution in [0, 0.1) is 41.9 Å². The highest BCUT2D eigenvalue weighted by Gasteiger charge is 2.54. The van der Waals surface area contributed by atoms with E-state index in [-0.39, 0.29) is 24.9 Å². The van der Waals surface area contributed by atoms with Crippen molar-refractivity contribution in [3.8, 4) is 24.7 Å². The zero-order valence-corrected chi connectivity index (χ0v) is 31.1. The van der Waals surface area contributed by atoms with Crippen molar-refractivity contribution in [3.63, 3.8) is 0 Å². The predicted octanol–water partition coefficient (Wildman–Crippen LogP) is 2.69. The molecule has 0 aliphatic carbocycles. The maximum atomic E-state index is 14.4. The standard InChI is InChI=1S/C40H54N3O8/c1-11-38(6)34(46)29(5)35(51-36-33(45)31(41(7)8)22-28(4)50-36)40(12-2,48-10)24-27(3)25-42(9)39(26-49-37(38)47)18-20-43(21-19-39)32(44)23-30-16-14-13-15-17-30/h1-2,13-17,27,29,33,35-36,45H,4,18-26H2,3,5-10H3/q+1/t27-,29+,33-,35-,36+,38+,40-/m1/s1. The number of ether oxygens (including phenoxy) is 4. The monoisotopic (exact) mass is 704 g/mol. The van der Waals surface area contributed by atoms with Crippen LogP contribution in [-0.2, 0) is 39.8 Å². The van der Waals surface area contributed by atoms with Crippen molar-refractivity contribution in [2.24, 2.45) is 17.3 Å². The normalized spacial score (nSPS) is 32.4. The number of carbonyl (C=O) groups excluding carboxylic acids is 3. The Balaban J connectivity index is 1.69. The number of cyclic esters (lactones) is 1. The Morgan fingerprint density at radius 3 is 2.35 bits per heavy atom. The van der Waals surface area contributed by atoms with Gasteiger partial charge < -0.3 is 29.0 Å². The highest BCUT2D eigenvalue weighted by atomic mass is 16.7. The number of ketones is 1. The minimum Gasteiger partial charge on any atom is -0.466 e. The van der Waals surface area contributed by atoms with Crippen LogP contribution in [-0.4, -0.2) is 127 Å². The van der Waals surface area contributed by atoms with Crippen LogP contribution in [0.3, 0.4) is 0 Å². The number of Topliss-reactive ketones (excluding diaryl/α,β-unsaturated/α-hetero) is 1. The van der Waals surface area contributed by atoms with Gasteiger partial charge in [0.05, 0.1) is 18.4 Å². The summed E-state index contributed by atoms with van der Waals surface area (Å²) in [5.74, 6) is 2.86. The Hall–Kier alpha value is -4.00. The molecule has 0 radical (unpaired) electrons. The second-order valence-corrected chi connectivity index (χ2v) is 14.8. The van der Waals surface area contributed by atoms with Crippen LogP contribution in [0.15, 0.2) is 42.7 Å². The van der Waals surface area contributed by atoms with E-state index in [1.54, 1.807) is 25.6 Å². The van der Waals surface area contributed by atoms with Gasteiger partial charge >= 0.3 is 5.97 Å². The summed E-state index contributed by atoms with van der Waals surface area (Å²) < 4.78 is 26.3. The number of benzene rings is 1. The predicted molar refractivity (Wildman–Crippen MR) is 192 cm³/mol. The van der Waals surface area contributed by atoms with Gasteiger partial charge in [-0.05, 0) is 44.7 Å². The number of hydrogen-bond acceptors (Lipinski definition) is 9. The van der Waals surface area contributed by atoms with Gasteiger partial charge in [-0.3, -0.25) is 14.5 Å². The zero-order chi connectivity index (χ0) is 37.7. The number of nitrogens with zero attached hydrogens (tertiary/aromatic N) is 3. The minimum absolute atomic E-state index is 0.0213. The summed E-state index contributed by atoms with van der Waals surface area (Å²) in [6.07, 6.45) is 10.4. The van der Waals surface area contributed by atoms with E-state index < -0.39 is 52.7 Å². The molecule has 3 aliphatic rings. The van der Waals surface area contributed by atoms with Gasteiger partial charge in [0.2, 0.25) is 12.2 Å². The van der Waals surface area contributed by atoms with Crippen LogP contribution in [0.25, 0.3) is 0 Å². The number of amides is 1. The number of allylic oxidation sites excluding steroid dienone is 1. The van der Waals surface area contributed by atoms with Gasteiger partial charge in [0, 0.05) is 32.7 Å². The first-order valence-electron chi connectivity index (χ1n) is 17.5. The van der Waals surface area contributed by atoms with E-state index in [9.17, 15) is 19.5 Å². The number of carbonyl (C=O) groups is 3. The fourth-order valence-corrected chi connectivity index (χ4v) is 7.65. The quantitative estimate of drug-likeness (QED) is 0.214. The van der Waals surface area contributed by atoms with Gasteiger partial charge in [0.25, 0.3) is 0 Å². The maximum absolute atomic E-state index is 14.4. The molecule has 1 spiro atoms. The highest BCUT2D eigenvalue weighted by molar-refractivity contribution is 6.07. The molecule has 0 unspecified atom stereocenters. The zero-order valence-electron chi connectivity index (χ0n) is 31.1. The average Bonchev–Trinajstić information content (AvgIpc) is 3.12. The summed E-state index contributed by atoms with van der Waals surface area (Å²) in [5.41, 5.74) is -2.61. The number of likely N-dealkylation sites (N-methyl/N-ethyl adjacent to an activating group) is 1. The molecule has 1 N–H and O–H groups in total. The fourth-order valence-electron chi connectivity index (χ4n) is 7.65. The van der Waals surface area contributed by atoms with Crippen molar-refractivity contribution in [2.45, 2.75) is 82.5 Å². The second kappa shape index (κ2) is 16.1. The molecule has 0 bridgehead atoms. The number of likely N-dealkylation sites (tertiary alicyclic amines) is 1. The van der Waals surface area contributed by atoms with Gasteiger partial charge in [0.15, 0.2) is 28.6 Å². The second-order valence-electron chi connectivity index (χ2n) is 14.8. The molecule has 0 saturated carbocycles. The lowest BCUT2D eigenvalue weighted by Crippen LogP contribution is -2.59. The summed E-state index contributed by atoms with van der Waals surface area (Å²) in [6, 6.07) is 9.62. The molecule has 4 rings (SSSR count). The van der Waals surface area contributed by atoms with Gasteiger partial charge in [-0.1, -0.05) is 62.6 Å². The lowest BCUT2D eigenvalue weighted by Gasteiger charge is -2.48. The lowest BCUT2D eigenvalue weighted by atomic mass is 9.73. The molecule has 51 heavy (non-hydrogen) atoms. The Morgan fingerprint density at radius 2 is 1.78 bits per heavy atom. The molecule has 7 atom stereocenters. The fraction of sp³-hybridized carbons (Fsp3) is 0.600. The third-order valence-corrected chi connectivity index (χ3v) is 11.0. The van der Waals surface area contributed by atoms with Crippen LogP contribution in [0.4, 0.5) is 0 Å². The van der Waals surface area contributed by atoms with Crippen LogP contribution in [0.5, 0.6) is 0 Å². The van der Waals surface area contributed by atoms with Crippen molar-refractivity contribution < 1.29 is 43.0 Å². The summed E-state index contributed by atoms with van der Waals surface area (Å²) in [5, 5.41) is 11.3. The summed E-state index contributed by atoms with van der Waals surface area (Å²) in [7, 11) is 7.01. The maximum Gasteiger partial charge on any atom is 0.331 e. The third kappa shape index (κ3) is 8.23. The minimum atomic E-state index is -2.00. The molecule has 3 heterocycles. The topological polar surface area (TPSA) is 118 Å². The summed E-state index contributed by atoms with van der Waals surface area (Å²) in [4.78, 5) is 45.6. The summed E-state index contributed by atoms with van der Waals surface area (Å²) >= 11 is 0. The molecule has 3 aliphatic heterocycles. The smallest absolute Gasteiger partial charge is 0.331 e. The number of terminal acetylenes is 2. The van der Waals surface area contributed by atoms with Crippen molar-refractivity contribution in [3.05, 3.63) is 48.2 Å². The number of esters is 1. The number of aliphatic hydroxyl groups is 1. The highest BCUT2D eigenvalue weighted by Crippen LogP contribution is 2.39. The Labute approximate surface area is 302 Å². The first-order chi connectivity index (χ1) is 24.1. The van der Waals surface area contributed by atoms with Crippen molar-refractivity contribution in [1.82, 2.24) is 9.80 Å². The SMILES string of the molecule is C#C[C@]1(C)C(=O)OCC2(CCN(C(=O)Cc3ccccc3)CC2)N(C)C[C@H](C)C[C@@](C#C)(OC)[C@H](O[C@@H]2OC(=C)CC(=[N+](C)C)[C@H]2O)[C@@H](C)C1=O. The number of aliphatic hydroxyl groups excluding tert-OH is 1. The van der Waals surface area contributed by atoms with E-state index in [1.165, 1.54) is 14.0 Å². The van der Waals surface area contributed by atoms with Crippen LogP contribution >= 0.6 is 0 Å². The van der Waals surface area contributed by atoms with E-state index in [0.717, 1.165) is 5.56 Å². The van der Waals surface area contributed by atoms with E-state index in [2.05, 4.69) is 23.3 Å². The Morgan fingerprint density at radius 1 is 1.14 bits per heavy atom. The Kier molecular flexibility index (Phi) is 12.6. The van der Waals surface area contributed by atoms with Crippen LogP contribution in [0.1, 0.15) is 52.0 Å². The van der Waals surface area contributed by atoms with Gasteiger partial charge in [0.1, 0.15) is 32.6 Å². The lowest BCUT2D eigenvalue weighted by molar-refractivity contribution is -0.471. The number of piperidine rings is 1. The van der Waals surface area contributed by atoms with Crippen LogP contribution < -0.4 is 0 Å². The molecule has 11 nitrogen and oxygen atoms in total. The van der Waals surface area contributed by atoms with Gasteiger partial charge in [-0.15, -0.1) is 12.8 Å². The molecule has 3 saturated heterocycles. The molecule has 0 aromatic heterocycles. The first-order valence-corrected chi connectivity index (χ1v) is 17.5. The Bertz CT molecular complexity index is 1580. The molecule has 1 amide bonds. The van der Waals surface area contributed by atoms with Gasteiger partial charge in [-0.25, -0.2) is 9.37 Å². The van der Waals surface area contributed by atoms with E-state index in [0.29, 0.717) is 56.8 Å². The van der Waals surface area contributed by atoms with Crippen LogP contribution in [0.2, 0.25) is 0 Å². The molecular formula is C40H54N3O8+. The van der Waals surface area contributed by atoms with Crippen molar-refractivity contribution >= 4 is 23.4 Å². The molecular weight excluding hydrogens is 650 g/mol. The first kappa shape index (κ1) is 39.8. The number of rotatable bonds is 5. The van der Waals surface area contributed by atoms with E-state index >= 15 is 0 Å². The van der Waals surface area contributed by atoms with E-state index in [4.69, 9.17) is 31.8 Å². The van der Waals surface area contributed by atoms with E-state index in [1.807, 2.05) is 49.2 Å². The molecule has 276 valence electrons. The van der Waals surface area contributed by atoms with Crippen molar-refractivity contribution in [1.29, 1.82) is 0 Å². The average molecular weight is 705 g/mol. The summed E-state index contributed by atoms with van der Waals surface area (Å²) in [6.45, 7) is 10.4. The molecule has 11 heteroatoms. The molecule has 1 aromatic rings. The molecule has 3 fully saturated rings. The van der Waals surface area contributed by atoms with Crippen molar-refractivity contribution in [2.75, 3.05) is 54.5 Å². The largest absolute Gasteiger partial charge is 0.466 e. The third-order valence-electron chi connectivity index (χ3n) is 11.0. The van der Waals surface area contributed by atoms with Gasteiger partial charge in [-0.2, -0.15) is 0 Å². The number of hydrogen-bond donors (Lipinski definition) is 1. The molecule has 1 aromatic carbocycles.